The summed E-state index contributed by atoms with van der Waals surface area (Å²) in [5.74, 6) is 1.49. The second-order valence-electron chi connectivity index (χ2n) is 5.47. The number of nitrogens with zero attached hydrogens (tertiary/aromatic N) is 1. The van der Waals surface area contributed by atoms with E-state index in [1.165, 1.54) is 6.08 Å². The monoisotopic (exact) mass is 399 g/mol. The number of H-pyrrole nitrogens is 1. The van der Waals surface area contributed by atoms with E-state index < -0.39 is 0 Å². The van der Waals surface area contributed by atoms with Gasteiger partial charge < -0.3 is 15.0 Å². The maximum Gasteiger partial charge on any atom is 0.244 e. The van der Waals surface area contributed by atoms with Crippen molar-refractivity contribution < 1.29 is 9.53 Å². The third-order valence-corrected chi connectivity index (χ3v) is 4.32. The Labute approximate surface area is 154 Å². The van der Waals surface area contributed by atoms with Gasteiger partial charge in [0.2, 0.25) is 5.91 Å². The summed E-state index contributed by atoms with van der Waals surface area (Å²) >= 11 is 3.43. The molecule has 0 aliphatic heterocycles. The van der Waals surface area contributed by atoms with Crippen LogP contribution < -0.4 is 10.1 Å². The van der Waals surface area contributed by atoms with Crippen LogP contribution in [0, 0.1) is 0 Å². The van der Waals surface area contributed by atoms with Crippen LogP contribution in [0.1, 0.15) is 11.4 Å². The van der Waals surface area contributed by atoms with Gasteiger partial charge in [-0.05, 0) is 51.8 Å². The Kier molecular flexibility index (Phi) is 5.50. The summed E-state index contributed by atoms with van der Waals surface area (Å²) < 4.78 is 6.03. The van der Waals surface area contributed by atoms with Gasteiger partial charge in [0.1, 0.15) is 11.6 Å². The zero-order chi connectivity index (χ0) is 17.6. The Bertz CT molecular complexity index is 885. The number of fused-ring (bicyclic) bond motifs is 1. The van der Waals surface area contributed by atoms with Crippen molar-refractivity contribution in [3.05, 3.63) is 64.4 Å². The Hall–Kier alpha value is -2.60. The molecule has 0 spiro atoms. The Morgan fingerprint density at radius 1 is 1.32 bits per heavy atom. The first kappa shape index (κ1) is 17.2. The minimum absolute atomic E-state index is 0.136. The van der Waals surface area contributed by atoms with Crippen LogP contribution in [0.3, 0.4) is 0 Å². The number of imidazole rings is 1. The lowest BCUT2D eigenvalue weighted by atomic mass is 10.2. The maximum atomic E-state index is 11.9. The van der Waals surface area contributed by atoms with Crippen LogP contribution in [-0.4, -0.2) is 29.5 Å². The van der Waals surface area contributed by atoms with E-state index in [1.807, 2.05) is 42.5 Å². The van der Waals surface area contributed by atoms with Gasteiger partial charge in [-0.2, -0.15) is 0 Å². The molecule has 0 aliphatic carbocycles. The molecule has 0 saturated heterocycles. The average molecular weight is 400 g/mol. The highest BCUT2D eigenvalue weighted by atomic mass is 79.9. The lowest BCUT2D eigenvalue weighted by molar-refractivity contribution is -0.116. The van der Waals surface area contributed by atoms with E-state index in [9.17, 15) is 4.79 Å². The molecule has 0 radical (unpaired) electrons. The molecule has 6 heteroatoms. The zero-order valence-electron chi connectivity index (χ0n) is 13.8. The summed E-state index contributed by atoms with van der Waals surface area (Å²) in [6.07, 6.45) is 3.94. The van der Waals surface area contributed by atoms with E-state index in [1.54, 1.807) is 13.2 Å². The topological polar surface area (TPSA) is 67.0 Å². The molecule has 0 fully saturated rings. The maximum absolute atomic E-state index is 11.9. The second kappa shape index (κ2) is 7.98. The first-order chi connectivity index (χ1) is 12.2. The molecule has 2 aromatic carbocycles. The van der Waals surface area contributed by atoms with Gasteiger partial charge in [-0.1, -0.05) is 18.2 Å². The van der Waals surface area contributed by atoms with Gasteiger partial charge in [-0.3, -0.25) is 4.79 Å². The number of para-hydroxylation sites is 2. The molecule has 1 heterocycles. The molecule has 3 rings (SSSR count). The summed E-state index contributed by atoms with van der Waals surface area (Å²) in [5.41, 5.74) is 2.86. The van der Waals surface area contributed by atoms with Gasteiger partial charge in [0, 0.05) is 19.0 Å². The largest absolute Gasteiger partial charge is 0.496 e. The van der Waals surface area contributed by atoms with Crippen molar-refractivity contribution in [1.82, 2.24) is 15.3 Å². The van der Waals surface area contributed by atoms with Crippen molar-refractivity contribution in [1.29, 1.82) is 0 Å². The summed E-state index contributed by atoms with van der Waals surface area (Å²) in [4.78, 5) is 19.7. The predicted octanol–water partition coefficient (Wildman–Crippen LogP) is 3.71. The number of methoxy groups -OCH3 is 1. The van der Waals surface area contributed by atoms with Crippen LogP contribution in [-0.2, 0) is 11.2 Å². The van der Waals surface area contributed by atoms with Crippen LogP contribution in [0.25, 0.3) is 17.1 Å². The Morgan fingerprint density at radius 3 is 2.92 bits per heavy atom. The lowest BCUT2D eigenvalue weighted by Crippen LogP contribution is -2.23. The normalized spacial score (nSPS) is 11.1. The van der Waals surface area contributed by atoms with E-state index in [0.717, 1.165) is 32.6 Å². The highest BCUT2D eigenvalue weighted by molar-refractivity contribution is 9.10. The highest BCUT2D eigenvalue weighted by Gasteiger charge is 2.03. The van der Waals surface area contributed by atoms with Crippen molar-refractivity contribution in [3.63, 3.8) is 0 Å². The van der Waals surface area contributed by atoms with Crippen molar-refractivity contribution in [3.8, 4) is 5.75 Å². The summed E-state index contributed by atoms with van der Waals surface area (Å²) in [7, 11) is 1.62. The minimum Gasteiger partial charge on any atom is -0.496 e. The van der Waals surface area contributed by atoms with Crippen molar-refractivity contribution in [2.75, 3.05) is 13.7 Å². The number of hydrogen-bond acceptors (Lipinski definition) is 3. The van der Waals surface area contributed by atoms with E-state index >= 15 is 0 Å². The van der Waals surface area contributed by atoms with Gasteiger partial charge in [-0.25, -0.2) is 4.98 Å². The average Bonchev–Trinajstić information content (AvgIpc) is 3.03. The summed E-state index contributed by atoms with van der Waals surface area (Å²) in [6, 6.07) is 13.5. The number of amides is 1. The molecular weight excluding hydrogens is 382 g/mol. The first-order valence-electron chi connectivity index (χ1n) is 7.89. The standard InChI is InChI=1S/C19H18BrN3O2/c1-25-17-8-6-13(12-14(17)20)7-9-19(24)21-11-10-18-22-15-4-2-3-5-16(15)23-18/h2-9,12H,10-11H2,1H3,(H,21,24)(H,22,23)/b9-7+. The smallest absolute Gasteiger partial charge is 0.244 e. The molecular formula is C19H18BrN3O2. The molecule has 0 aliphatic rings. The number of carbonyl (C=O) groups is 1. The number of aromatic nitrogens is 2. The quantitative estimate of drug-likeness (QED) is 0.620. The Morgan fingerprint density at radius 2 is 2.16 bits per heavy atom. The van der Waals surface area contributed by atoms with Gasteiger partial charge in [0.15, 0.2) is 0 Å². The fraction of sp³-hybridized carbons (Fsp3) is 0.158. The molecule has 25 heavy (non-hydrogen) atoms. The van der Waals surface area contributed by atoms with Gasteiger partial charge >= 0.3 is 0 Å². The number of hydrogen-bond donors (Lipinski definition) is 2. The number of carbonyl (C=O) groups excluding carboxylic acids is 1. The van der Waals surface area contributed by atoms with Crippen LogP contribution in [0.4, 0.5) is 0 Å². The highest BCUT2D eigenvalue weighted by Crippen LogP contribution is 2.25. The van der Waals surface area contributed by atoms with Gasteiger partial charge in [-0.15, -0.1) is 0 Å². The molecule has 5 nitrogen and oxygen atoms in total. The van der Waals surface area contributed by atoms with E-state index in [-0.39, 0.29) is 5.91 Å². The molecule has 1 aromatic heterocycles. The van der Waals surface area contributed by atoms with E-state index in [4.69, 9.17) is 4.74 Å². The van der Waals surface area contributed by atoms with E-state index in [0.29, 0.717) is 13.0 Å². The number of rotatable bonds is 6. The molecule has 3 aromatic rings. The number of aromatic amines is 1. The third-order valence-electron chi connectivity index (χ3n) is 3.70. The molecule has 1 amide bonds. The van der Waals surface area contributed by atoms with Crippen molar-refractivity contribution in [2.45, 2.75) is 6.42 Å². The number of halogens is 1. The second-order valence-corrected chi connectivity index (χ2v) is 6.32. The molecule has 0 atom stereocenters. The SMILES string of the molecule is COc1ccc(/C=C/C(=O)NCCc2nc3ccccc3[nH]2)cc1Br. The summed E-state index contributed by atoms with van der Waals surface area (Å²) in [5, 5.41) is 2.86. The van der Waals surface area contributed by atoms with Crippen LogP contribution in [0.15, 0.2) is 53.0 Å². The Balaban J connectivity index is 1.51. The van der Waals surface area contributed by atoms with Crippen LogP contribution in [0.2, 0.25) is 0 Å². The number of benzene rings is 2. The van der Waals surface area contributed by atoms with E-state index in [2.05, 4.69) is 31.2 Å². The fourth-order valence-corrected chi connectivity index (χ4v) is 3.00. The van der Waals surface area contributed by atoms with Crippen LogP contribution in [0.5, 0.6) is 5.75 Å². The summed E-state index contributed by atoms with van der Waals surface area (Å²) in [6.45, 7) is 0.523. The van der Waals surface area contributed by atoms with Gasteiger partial charge in [0.05, 0.1) is 22.6 Å². The number of nitrogens with one attached hydrogen (secondary N) is 2. The van der Waals surface area contributed by atoms with Gasteiger partial charge in [0.25, 0.3) is 0 Å². The molecule has 0 unspecified atom stereocenters. The minimum atomic E-state index is -0.136. The molecule has 2 N–H and O–H groups in total. The predicted molar refractivity (Wildman–Crippen MR) is 103 cm³/mol. The fourth-order valence-electron chi connectivity index (χ4n) is 2.45. The molecule has 0 saturated carbocycles. The zero-order valence-corrected chi connectivity index (χ0v) is 15.3. The van der Waals surface area contributed by atoms with Crippen molar-refractivity contribution in [2.24, 2.45) is 0 Å². The van der Waals surface area contributed by atoms with Crippen molar-refractivity contribution >= 4 is 38.9 Å². The molecule has 128 valence electrons. The lowest BCUT2D eigenvalue weighted by Gasteiger charge is -2.03. The third kappa shape index (κ3) is 4.48. The number of ether oxygens (including phenoxy) is 1. The molecule has 0 bridgehead atoms. The first-order valence-corrected chi connectivity index (χ1v) is 8.68. The van der Waals surface area contributed by atoms with Crippen LogP contribution >= 0.6 is 15.9 Å².